The highest BCUT2D eigenvalue weighted by molar-refractivity contribution is 8.00. The molecule has 0 saturated heterocycles. The summed E-state index contributed by atoms with van der Waals surface area (Å²) in [7, 11) is 0. The molecule has 0 atom stereocenters. The molecular formula is C20H22FN3OS2. The average Bonchev–Trinajstić information content (AvgIpc) is 2.91. The summed E-state index contributed by atoms with van der Waals surface area (Å²) in [5.41, 5.74) is 1.97. The SMILES string of the molecule is CCN(Cc1cccc(F)c1)C(=O)CSc1nc(C)nc2sc(C)c(C)c12. The molecule has 142 valence electrons. The highest BCUT2D eigenvalue weighted by Crippen LogP contribution is 2.35. The van der Waals surface area contributed by atoms with E-state index < -0.39 is 0 Å². The molecule has 0 aliphatic heterocycles. The predicted molar refractivity (Wildman–Crippen MR) is 110 cm³/mol. The monoisotopic (exact) mass is 403 g/mol. The summed E-state index contributed by atoms with van der Waals surface area (Å²) in [4.78, 5) is 25.7. The number of halogens is 1. The van der Waals surface area contributed by atoms with Crippen LogP contribution >= 0.6 is 23.1 Å². The van der Waals surface area contributed by atoms with Crippen molar-refractivity contribution in [3.63, 3.8) is 0 Å². The Kier molecular flexibility index (Phi) is 6.11. The van der Waals surface area contributed by atoms with Crippen LogP contribution in [0.15, 0.2) is 29.3 Å². The Hall–Kier alpha value is -1.99. The third-order valence-electron chi connectivity index (χ3n) is 4.44. The van der Waals surface area contributed by atoms with Crippen LogP contribution in [0.1, 0.15) is 28.8 Å². The van der Waals surface area contributed by atoms with Crippen molar-refractivity contribution in [3.05, 3.63) is 51.9 Å². The molecule has 0 aliphatic rings. The highest BCUT2D eigenvalue weighted by Gasteiger charge is 2.17. The number of rotatable bonds is 6. The minimum Gasteiger partial charge on any atom is -0.338 e. The number of thioether (sulfide) groups is 1. The molecule has 1 amide bonds. The van der Waals surface area contributed by atoms with Gasteiger partial charge in [0.2, 0.25) is 5.91 Å². The summed E-state index contributed by atoms with van der Waals surface area (Å²) in [6, 6.07) is 6.38. The Labute approximate surface area is 166 Å². The lowest BCUT2D eigenvalue weighted by Crippen LogP contribution is -2.31. The van der Waals surface area contributed by atoms with Gasteiger partial charge in [0.05, 0.1) is 5.75 Å². The molecule has 0 unspecified atom stereocenters. The molecule has 0 bridgehead atoms. The summed E-state index contributed by atoms with van der Waals surface area (Å²) < 4.78 is 13.4. The zero-order valence-electron chi connectivity index (χ0n) is 15.9. The summed E-state index contributed by atoms with van der Waals surface area (Å²) in [5, 5.41) is 1.91. The first-order valence-corrected chi connectivity index (χ1v) is 10.6. The molecule has 0 fully saturated rings. The topological polar surface area (TPSA) is 46.1 Å². The van der Waals surface area contributed by atoms with Gasteiger partial charge in [-0.25, -0.2) is 14.4 Å². The molecule has 0 radical (unpaired) electrons. The van der Waals surface area contributed by atoms with Crippen molar-refractivity contribution >= 4 is 39.2 Å². The van der Waals surface area contributed by atoms with E-state index in [9.17, 15) is 9.18 Å². The first-order valence-electron chi connectivity index (χ1n) is 8.78. The molecule has 2 heterocycles. The van der Waals surface area contributed by atoms with Crippen molar-refractivity contribution in [3.8, 4) is 0 Å². The molecule has 2 aromatic heterocycles. The molecule has 3 rings (SSSR count). The number of aryl methyl sites for hydroxylation is 3. The van der Waals surface area contributed by atoms with Crippen molar-refractivity contribution in [2.75, 3.05) is 12.3 Å². The number of benzene rings is 1. The van der Waals surface area contributed by atoms with Gasteiger partial charge in [-0.05, 0) is 51.0 Å². The van der Waals surface area contributed by atoms with E-state index >= 15 is 0 Å². The maximum absolute atomic E-state index is 13.4. The van der Waals surface area contributed by atoms with Crippen molar-refractivity contribution in [1.82, 2.24) is 14.9 Å². The second kappa shape index (κ2) is 8.35. The zero-order valence-corrected chi connectivity index (χ0v) is 17.5. The van der Waals surface area contributed by atoms with Gasteiger partial charge >= 0.3 is 0 Å². The Morgan fingerprint density at radius 1 is 1.26 bits per heavy atom. The van der Waals surface area contributed by atoms with E-state index in [1.54, 1.807) is 22.3 Å². The number of thiophene rings is 1. The van der Waals surface area contributed by atoms with Crippen LogP contribution in [0.5, 0.6) is 0 Å². The molecule has 0 N–H and O–H groups in total. The lowest BCUT2D eigenvalue weighted by Gasteiger charge is -2.21. The normalized spacial score (nSPS) is 11.1. The van der Waals surface area contributed by atoms with Crippen LogP contribution < -0.4 is 0 Å². The standard InChI is InChI=1S/C20H22FN3OS2/c1-5-24(10-15-7-6-8-16(21)9-15)17(25)11-26-19-18-12(2)13(3)27-20(18)23-14(4)22-19/h6-9H,5,10-11H2,1-4H3. The summed E-state index contributed by atoms with van der Waals surface area (Å²) in [6.07, 6.45) is 0. The fourth-order valence-electron chi connectivity index (χ4n) is 2.87. The molecular weight excluding hydrogens is 381 g/mol. The number of hydrogen-bond acceptors (Lipinski definition) is 5. The maximum Gasteiger partial charge on any atom is 0.233 e. The van der Waals surface area contributed by atoms with Gasteiger partial charge < -0.3 is 4.90 Å². The number of nitrogens with zero attached hydrogens (tertiary/aromatic N) is 3. The van der Waals surface area contributed by atoms with Crippen molar-refractivity contribution in [2.45, 2.75) is 39.3 Å². The first kappa shape index (κ1) is 19.8. The number of carbonyl (C=O) groups excluding carboxylic acids is 1. The predicted octanol–water partition coefficient (Wildman–Crippen LogP) is 4.90. The van der Waals surface area contributed by atoms with Gasteiger partial charge in [0, 0.05) is 23.4 Å². The van der Waals surface area contributed by atoms with Gasteiger partial charge in [0.25, 0.3) is 0 Å². The van der Waals surface area contributed by atoms with Crippen molar-refractivity contribution < 1.29 is 9.18 Å². The number of aromatic nitrogens is 2. The molecule has 0 saturated carbocycles. The minimum atomic E-state index is -0.285. The maximum atomic E-state index is 13.4. The van der Waals surface area contributed by atoms with E-state index in [1.165, 1.54) is 34.3 Å². The third-order valence-corrected chi connectivity index (χ3v) is 6.50. The van der Waals surface area contributed by atoms with E-state index in [2.05, 4.69) is 23.8 Å². The van der Waals surface area contributed by atoms with E-state index in [0.29, 0.717) is 24.7 Å². The second-order valence-electron chi connectivity index (χ2n) is 6.37. The van der Waals surface area contributed by atoms with Crippen LogP contribution in [0, 0.1) is 26.6 Å². The summed E-state index contributed by atoms with van der Waals surface area (Å²) >= 11 is 3.11. The van der Waals surface area contributed by atoms with Crippen LogP contribution in [0.3, 0.4) is 0 Å². The molecule has 3 aromatic rings. The highest BCUT2D eigenvalue weighted by atomic mass is 32.2. The van der Waals surface area contributed by atoms with Crippen LogP contribution in [0.2, 0.25) is 0 Å². The van der Waals surface area contributed by atoms with Crippen molar-refractivity contribution in [2.24, 2.45) is 0 Å². The summed E-state index contributed by atoms with van der Waals surface area (Å²) in [5.74, 6) is 0.738. The second-order valence-corrected chi connectivity index (χ2v) is 8.53. The van der Waals surface area contributed by atoms with Gasteiger partial charge in [-0.3, -0.25) is 4.79 Å². The van der Waals surface area contributed by atoms with Crippen LogP contribution in [-0.4, -0.2) is 33.1 Å². The van der Waals surface area contributed by atoms with Crippen LogP contribution in [0.4, 0.5) is 4.39 Å². The molecule has 0 spiro atoms. The van der Waals surface area contributed by atoms with E-state index in [4.69, 9.17) is 0 Å². The van der Waals surface area contributed by atoms with E-state index in [-0.39, 0.29) is 11.7 Å². The number of hydrogen-bond donors (Lipinski definition) is 0. The van der Waals surface area contributed by atoms with Crippen molar-refractivity contribution in [1.29, 1.82) is 0 Å². The van der Waals surface area contributed by atoms with Crippen LogP contribution in [-0.2, 0) is 11.3 Å². The fraction of sp³-hybridized carbons (Fsp3) is 0.350. The number of amides is 1. The summed E-state index contributed by atoms with van der Waals surface area (Å²) in [6.45, 7) is 8.93. The molecule has 4 nitrogen and oxygen atoms in total. The Balaban J connectivity index is 1.75. The van der Waals surface area contributed by atoms with Crippen LogP contribution in [0.25, 0.3) is 10.2 Å². The van der Waals surface area contributed by atoms with Gasteiger partial charge in [0.1, 0.15) is 21.5 Å². The quantitative estimate of drug-likeness (QED) is 0.434. The lowest BCUT2D eigenvalue weighted by molar-refractivity contribution is -0.128. The molecule has 7 heteroatoms. The Morgan fingerprint density at radius 3 is 2.74 bits per heavy atom. The van der Waals surface area contributed by atoms with Gasteiger partial charge in [-0.1, -0.05) is 23.9 Å². The van der Waals surface area contributed by atoms with Gasteiger partial charge in [-0.2, -0.15) is 0 Å². The largest absolute Gasteiger partial charge is 0.338 e. The van der Waals surface area contributed by atoms with E-state index in [0.717, 1.165) is 20.8 Å². The fourth-order valence-corrected chi connectivity index (χ4v) is 5.05. The Morgan fingerprint density at radius 2 is 2.04 bits per heavy atom. The van der Waals surface area contributed by atoms with E-state index in [1.807, 2.05) is 19.9 Å². The molecule has 0 aliphatic carbocycles. The van der Waals surface area contributed by atoms with Gasteiger partial charge in [0.15, 0.2) is 0 Å². The third kappa shape index (κ3) is 4.47. The number of carbonyl (C=O) groups is 1. The molecule has 1 aromatic carbocycles. The Bertz CT molecular complexity index is 987. The average molecular weight is 404 g/mol. The minimum absolute atomic E-state index is 0.0146. The zero-order chi connectivity index (χ0) is 19.6. The molecule has 27 heavy (non-hydrogen) atoms. The van der Waals surface area contributed by atoms with Gasteiger partial charge in [-0.15, -0.1) is 11.3 Å². The smallest absolute Gasteiger partial charge is 0.233 e. The lowest BCUT2D eigenvalue weighted by atomic mass is 10.2. The number of fused-ring (bicyclic) bond motifs is 1. The first-order chi connectivity index (χ1) is 12.9.